The Hall–Kier alpha value is -3.56. The van der Waals surface area contributed by atoms with Crippen molar-refractivity contribution in [2.24, 2.45) is 0 Å². The van der Waals surface area contributed by atoms with E-state index in [2.05, 4.69) is 20.6 Å². The molecule has 0 radical (unpaired) electrons. The summed E-state index contributed by atoms with van der Waals surface area (Å²) in [6.45, 7) is 8.32. The Labute approximate surface area is 197 Å². The maximum Gasteiger partial charge on any atom is 0.416 e. The minimum atomic E-state index is -4.63. The number of carbonyl (C=O) groups is 1. The number of anilines is 2. The SMILES string of the molecule is [2H]c1cc2c(N[C@H](C)c3cc(NC(=O)OC(C)(C)C)cc(C(F)(F)F)c3)nc(C)nc2cc1OC. The fourth-order valence-electron chi connectivity index (χ4n) is 3.24. The molecule has 0 spiro atoms. The predicted molar refractivity (Wildman–Crippen MR) is 124 cm³/mol. The van der Waals surface area contributed by atoms with Crippen LogP contribution in [0, 0.1) is 6.92 Å². The summed E-state index contributed by atoms with van der Waals surface area (Å²) in [5, 5.41) is 6.01. The zero-order chi connectivity index (χ0) is 26.1. The third-order valence-corrected chi connectivity index (χ3v) is 4.71. The first-order valence-corrected chi connectivity index (χ1v) is 10.5. The molecule has 1 amide bonds. The molecule has 182 valence electrons. The number of benzene rings is 2. The van der Waals surface area contributed by atoms with Crippen LogP contribution in [0.3, 0.4) is 0 Å². The molecule has 0 fully saturated rings. The van der Waals surface area contributed by atoms with Crippen molar-refractivity contribution < 1.29 is 28.8 Å². The summed E-state index contributed by atoms with van der Waals surface area (Å²) in [4.78, 5) is 20.9. The van der Waals surface area contributed by atoms with E-state index in [1.54, 1.807) is 40.7 Å². The first-order valence-electron chi connectivity index (χ1n) is 11.0. The molecule has 2 aromatic carbocycles. The highest BCUT2D eigenvalue weighted by Crippen LogP contribution is 2.35. The molecule has 34 heavy (non-hydrogen) atoms. The maximum atomic E-state index is 13.6. The molecular formula is C24H27F3N4O3. The number of amides is 1. The topological polar surface area (TPSA) is 85.4 Å². The summed E-state index contributed by atoms with van der Waals surface area (Å²) in [5.74, 6) is 1.13. The second kappa shape index (κ2) is 9.36. The van der Waals surface area contributed by atoms with Gasteiger partial charge in [0.1, 0.15) is 23.0 Å². The van der Waals surface area contributed by atoms with Gasteiger partial charge in [-0.05, 0) is 70.5 Å². The van der Waals surface area contributed by atoms with E-state index < -0.39 is 29.5 Å². The van der Waals surface area contributed by atoms with Crippen LogP contribution >= 0.6 is 0 Å². The number of nitrogens with zero attached hydrogens (tertiary/aromatic N) is 2. The lowest BCUT2D eigenvalue weighted by atomic mass is 10.0. The van der Waals surface area contributed by atoms with Crippen molar-refractivity contribution in [2.75, 3.05) is 17.7 Å². The molecule has 0 aliphatic heterocycles. The summed E-state index contributed by atoms with van der Waals surface area (Å²) in [6.07, 6.45) is -5.49. The lowest BCUT2D eigenvalue weighted by molar-refractivity contribution is -0.137. The van der Waals surface area contributed by atoms with Gasteiger partial charge < -0.3 is 14.8 Å². The van der Waals surface area contributed by atoms with Gasteiger partial charge >= 0.3 is 12.3 Å². The Kier molecular flexibility index (Phi) is 6.49. The van der Waals surface area contributed by atoms with Crippen LogP contribution in [0.5, 0.6) is 5.75 Å². The molecule has 1 atom stereocenters. The summed E-state index contributed by atoms with van der Waals surface area (Å²) in [7, 11) is 1.45. The molecule has 0 unspecified atom stereocenters. The van der Waals surface area contributed by atoms with Gasteiger partial charge in [-0.25, -0.2) is 14.8 Å². The van der Waals surface area contributed by atoms with Crippen LogP contribution in [0.4, 0.5) is 29.5 Å². The van der Waals surface area contributed by atoms with Gasteiger partial charge in [-0.15, -0.1) is 0 Å². The lowest BCUT2D eigenvalue weighted by Gasteiger charge is -2.22. The molecule has 0 aliphatic rings. The maximum absolute atomic E-state index is 13.6. The van der Waals surface area contributed by atoms with E-state index in [1.807, 2.05) is 0 Å². The van der Waals surface area contributed by atoms with Crippen molar-refractivity contribution in [3.05, 3.63) is 53.3 Å². The molecule has 1 aromatic heterocycles. The van der Waals surface area contributed by atoms with E-state index in [1.165, 1.54) is 19.2 Å². The lowest BCUT2D eigenvalue weighted by Crippen LogP contribution is -2.27. The van der Waals surface area contributed by atoms with Crippen LogP contribution in [0.15, 0.2) is 36.4 Å². The number of hydrogen-bond donors (Lipinski definition) is 2. The summed E-state index contributed by atoms with van der Waals surface area (Å²) in [6, 6.07) is 5.90. The molecule has 3 aromatic rings. The van der Waals surface area contributed by atoms with Gasteiger partial charge in [-0.3, -0.25) is 5.32 Å². The fraction of sp³-hybridized carbons (Fsp3) is 0.375. The van der Waals surface area contributed by atoms with Crippen molar-refractivity contribution in [3.63, 3.8) is 0 Å². The monoisotopic (exact) mass is 477 g/mol. The Morgan fingerprint density at radius 2 is 1.85 bits per heavy atom. The van der Waals surface area contributed by atoms with Crippen LogP contribution in [0.1, 0.15) is 52.1 Å². The Balaban J connectivity index is 1.99. The standard InChI is InChI=1S/C24H27F3N4O3/c1-13(28-21-19-8-7-18(33-6)12-20(19)29-14(2)30-21)15-9-16(24(25,26)27)11-17(10-15)31-22(32)34-23(3,4)5/h7-13H,1-6H3,(H,31,32)(H,28,29,30)/t13-/m1/s1/i7D. The number of carbonyl (C=O) groups excluding carboxylic acids is 1. The number of rotatable bonds is 5. The highest BCUT2D eigenvalue weighted by atomic mass is 19.4. The van der Waals surface area contributed by atoms with E-state index in [0.717, 1.165) is 12.1 Å². The fourth-order valence-corrected chi connectivity index (χ4v) is 3.24. The first-order chi connectivity index (χ1) is 16.2. The Morgan fingerprint density at radius 3 is 2.47 bits per heavy atom. The molecule has 0 saturated heterocycles. The van der Waals surface area contributed by atoms with Gasteiger partial charge in [0.25, 0.3) is 0 Å². The van der Waals surface area contributed by atoms with Crippen molar-refractivity contribution in [2.45, 2.75) is 52.4 Å². The van der Waals surface area contributed by atoms with Gasteiger partial charge in [0.15, 0.2) is 0 Å². The molecular weight excluding hydrogens is 449 g/mol. The largest absolute Gasteiger partial charge is 0.497 e. The zero-order valence-corrected chi connectivity index (χ0v) is 19.7. The first kappa shape index (κ1) is 23.6. The number of fused-ring (bicyclic) bond motifs is 1. The number of halogens is 3. The summed E-state index contributed by atoms with van der Waals surface area (Å²) >= 11 is 0. The number of alkyl halides is 3. The van der Waals surface area contributed by atoms with Crippen molar-refractivity contribution in [1.82, 2.24) is 9.97 Å². The van der Waals surface area contributed by atoms with E-state index in [0.29, 0.717) is 28.3 Å². The normalized spacial score (nSPS) is 13.3. The van der Waals surface area contributed by atoms with Crippen LogP contribution in [-0.4, -0.2) is 28.8 Å². The number of aromatic nitrogens is 2. The van der Waals surface area contributed by atoms with Crippen LogP contribution in [0.2, 0.25) is 0 Å². The van der Waals surface area contributed by atoms with E-state index in [4.69, 9.17) is 10.8 Å². The number of aryl methyl sites for hydroxylation is 1. The zero-order valence-electron chi connectivity index (χ0n) is 20.7. The molecule has 3 rings (SSSR count). The van der Waals surface area contributed by atoms with Gasteiger partial charge in [-0.1, -0.05) is 0 Å². The molecule has 1 heterocycles. The van der Waals surface area contributed by atoms with E-state index in [9.17, 15) is 18.0 Å². The number of methoxy groups -OCH3 is 1. The van der Waals surface area contributed by atoms with Crippen molar-refractivity contribution >= 4 is 28.5 Å². The van der Waals surface area contributed by atoms with Crippen molar-refractivity contribution in [1.29, 1.82) is 0 Å². The van der Waals surface area contributed by atoms with E-state index in [-0.39, 0.29) is 17.3 Å². The number of ether oxygens (including phenoxy) is 2. The molecule has 0 aliphatic carbocycles. The molecule has 0 bridgehead atoms. The third kappa shape index (κ3) is 6.27. The molecule has 10 heteroatoms. The second-order valence-electron chi connectivity index (χ2n) is 8.75. The minimum Gasteiger partial charge on any atom is -0.497 e. The van der Waals surface area contributed by atoms with Crippen LogP contribution in [0.25, 0.3) is 10.9 Å². The van der Waals surface area contributed by atoms with Gasteiger partial charge in [0, 0.05) is 17.1 Å². The quantitative estimate of drug-likeness (QED) is 0.437. The van der Waals surface area contributed by atoms with E-state index >= 15 is 0 Å². The van der Waals surface area contributed by atoms with Gasteiger partial charge in [-0.2, -0.15) is 13.2 Å². The highest BCUT2D eigenvalue weighted by Gasteiger charge is 2.32. The summed E-state index contributed by atoms with van der Waals surface area (Å²) in [5.41, 5.74) is -1.00. The number of nitrogens with one attached hydrogen (secondary N) is 2. The number of hydrogen-bond acceptors (Lipinski definition) is 6. The van der Waals surface area contributed by atoms with Gasteiger partial charge in [0.05, 0.1) is 25.6 Å². The minimum absolute atomic E-state index is 0.0559. The van der Waals surface area contributed by atoms with Gasteiger partial charge in [0.2, 0.25) is 0 Å². The highest BCUT2D eigenvalue weighted by molar-refractivity contribution is 5.90. The Bertz CT molecular complexity index is 1260. The summed E-state index contributed by atoms with van der Waals surface area (Å²) < 4.78 is 59.3. The molecule has 7 nitrogen and oxygen atoms in total. The predicted octanol–water partition coefficient (Wildman–Crippen LogP) is 6.49. The molecule has 2 N–H and O–H groups in total. The van der Waals surface area contributed by atoms with Crippen molar-refractivity contribution in [3.8, 4) is 5.75 Å². The average molecular weight is 478 g/mol. The Morgan fingerprint density at radius 1 is 1.15 bits per heavy atom. The average Bonchev–Trinajstić information content (AvgIpc) is 2.71. The van der Waals surface area contributed by atoms with Crippen LogP contribution < -0.4 is 15.4 Å². The second-order valence-corrected chi connectivity index (χ2v) is 8.75. The smallest absolute Gasteiger partial charge is 0.416 e. The van der Waals surface area contributed by atoms with Crippen LogP contribution in [-0.2, 0) is 10.9 Å². The third-order valence-electron chi connectivity index (χ3n) is 4.71. The molecule has 0 saturated carbocycles.